The number of rotatable bonds is 4. The molecule has 1 heterocycles. The van der Waals surface area contributed by atoms with Gasteiger partial charge < -0.3 is 10.2 Å². The summed E-state index contributed by atoms with van der Waals surface area (Å²) < 4.78 is 0. The molecule has 1 amide bonds. The Balaban J connectivity index is 1.98. The number of amides is 1. The first-order valence-electron chi connectivity index (χ1n) is 9.96. The maximum absolute atomic E-state index is 12.6. The molecule has 1 aliphatic heterocycles. The van der Waals surface area contributed by atoms with Gasteiger partial charge in [0, 0.05) is 22.8 Å². The van der Waals surface area contributed by atoms with Crippen molar-refractivity contribution in [1.29, 1.82) is 5.26 Å². The number of para-hydroxylation sites is 1. The van der Waals surface area contributed by atoms with E-state index in [1.165, 1.54) is 11.6 Å². The number of benzene rings is 2. The van der Waals surface area contributed by atoms with E-state index in [4.69, 9.17) is 23.2 Å². The lowest BCUT2D eigenvalue weighted by Crippen LogP contribution is -2.48. The molecule has 1 N–H and O–H groups in total. The Bertz CT molecular complexity index is 1050. The highest BCUT2D eigenvalue weighted by Crippen LogP contribution is 2.45. The van der Waals surface area contributed by atoms with E-state index in [-0.39, 0.29) is 11.1 Å². The molecule has 1 unspecified atom stereocenters. The van der Waals surface area contributed by atoms with Gasteiger partial charge in [-0.05, 0) is 74.6 Å². The van der Waals surface area contributed by atoms with Gasteiger partial charge in [0.25, 0.3) is 5.91 Å². The SMILES string of the molecule is CCN1c2cc(Cl)c(/C=C(\C#N)C(=O)Nc3ccccc3Cl)cc2C(C)CC1(C)C. The van der Waals surface area contributed by atoms with Crippen molar-refractivity contribution in [3.63, 3.8) is 0 Å². The van der Waals surface area contributed by atoms with Crippen LogP contribution >= 0.6 is 23.2 Å². The molecule has 6 heteroatoms. The van der Waals surface area contributed by atoms with E-state index in [1.807, 2.05) is 18.2 Å². The first-order chi connectivity index (χ1) is 14.2. The monoisotopic (exact) mass is 441 g/mol. The lowest BCUT2D eigenvalue weighted by molar-refractivity contribution is -0.112. The van der Waals surface area contributed by atoms with E-state index in [0.29, 0.717) is 27.2 Å². The molecule has 0 saturated heterocycles. The molecule has 1 aliphatic rings. The Morgan fingerprint density at radius 3 is 2.63 bits per heavy atom. The second kappa shape index (κ2) is 8.71. The Morgan fingerprint density at radius 2 is 2.00 bits per heavy atom. The third-order valence-electron chi connectivity index (χ3n) is 5.61. The zero-order valence-corrected chi connectivity index (χ0v) is 19.1. The summed E-state index contributed by atoms with van der Waals surface area (Å²) >= 11 is 12.7. The molecule has 0 saturated carbocycles. The maximum Gasteiger partial charge on any atom is 0.266 e. The van der Waals surface area contributed by atoms with Crippen molar-refractivity contribution in [1.82, 2.24) is 0 Å². The van der Waals surface area contributed by atoms with Gasteiger partial charge >= 0.3 is 0 Å². The molecule has 2 aromatic rings. The summed E-state index contributed by atoms with van der Waals surface area (Å²) in [4.78, 5) is 15.0. The molecule has 30 heavy (non-hydrogen) atoms. The predicted molar refractivity (Wildman–Crippen MR) is 125 cm³/mol. The number of nitrogens with zero attached hydrogens (tertiary/aromatic N) is 2. The third kappa shape index (κ3) is 4.33. The normalized spacial score (nSPS) is 17.8. The van der Waals surface area contributed by atoms with Crippen molar-refractivity contribution in [3.8, 4) is 6.07 Å². The van der Waals surface area contributed by atoms with Crippen molar-refractivity contribution in [2.24, 2.45) is 0 Å². The van der Waals surface area contributed by atoms with Crippen LogP contribution in [0.2, 0.25) is 10.0 Å². The zero-order valence-electron chi connectivity index (χ0n) is 17.6. The number of hydrogen-bond donors (Lipinski definition) is 1. The number of hydrogen-bond acceptors (Lipinski definition) is 3. The second-order valence-electron chi connectivity index (χ2n) is 8.20. The topological polar surface area (TPSA) is 56.1 Å². The van der Waals surface area contributed by atoms with Crippen molar-refractivity contribution >= 4 is 46.6 Å². The lowest BCUT2D eigenvalue weighted by atomic mass is 9.79. The summed E-state index contributed by atoms with van der Waals surface area (Å²) in [5.41, 5.74) is 3.40. The fourth-order valence-corrected chi connectivity index (χ4v) is 4.68. The minimum absolute atomic E-state index is 0.0343. The summed E-state index contributed by atoms with van der Waals surface area (Å²) in [7, 11) is 0. The summed E-state index contributed by atoms with van der Waals surface area (Å²) in [6, 6.07) is 12.8. The van der Waals surface area contributed by atoms with E-state index < -0.39 is 5.91 Å². The van der Waals surface area contributed by atoms with Crippen LogP contribution in [0, 0.1) is 11.3 Å². The van der Waals surface area contributed by atoms with Gasteiger partial charge in [-0.3, -0.25) is 4.79 Å². The number of anilines is 2. The Hall–Kier alpha value is -2.48. The zero-order chi connectivity index (χ0) is 22.1. The van der Waals surface area contributed by atoms with Crippen LogP contribution in [-0.2, 0) is 4.79 Å². The van der Waals surface area contributed by atoms with Gasteiger partial charge in [0.1, 0.15) is 11.6 Å². The summed E-state index contributed by atoms with van der Waals surface area (Å²) in [6.07, 6.45) is 2.55. The van der Waals surface area contributed by atoms with Crippen LogP contribution in [0.15, 0.2) is 42.0 Å². The number of nitrogens with one attached hydrogen (secondary N) is 1. The van der Waals surface area contributed by atoms with Crippen LogP contribution in [0.3, 0.4) is 0 Å². The average Bonchev–Trinajstić information content (AvgIpc) is 2.68. The summed E-state index contributed by atoms with van der Waals surface area (Å²) in [5.74, 6) is -0.187. The molecule has 0 radical (unpaired) electrons. The van der Waals surface area contributed by atoms with Crippen molar-refractivity contribution in [2.75, 3.05) is 16.8 Å². The fraction of sp³-hybridized carbons (Fsp3) is 0.333. The number of carbonyl (C=O) groups excluding carboxylic acids is 1. The van der Waals surface area contributed by atoms with Gasteiger partial charge in [0.05, 0.1) is 10.7 Å². The molecular formula is C24H25Cl2N3O. The number of carbonyl (C=O) groups is 1. The van der Waals surface area contributed by atoms with E-state index in [2.05, 4.69) is 37.9 Å². The lowest BCUT2D eigenvalue weighted by Gasteiger charge is -2.47. The smallest absolute Gasteiger partial charge is 0.266 e. The van der Waals surface area contributed by atoms with Crippen molar-refractivity contribution in [3.05, 3.63) is 63.1 Å². The standard InChI is InChI=1S/C24H25Cl2N3O/c1-5-29-22-12-20(26)16(11-18(22)15(2)13-24(29,3)4)10-17(14-27)23(30)28-21-9-7-6-8-19(21)25/h6-12,15H,5,13H2,1-4H3,(H,28,30)/b17-10+. The molecule has 0 spiro atoms. The maximum atomic E-state index is 12.6. The van der Waals surface area contributed by atoms with E-state index in [0.717, 1.165) is 18.7 Å². The minimum atomic E-state index is -0.524. The molecule has 4 nitrogen and oxygen atoms in total. The van der Waals surface area contributed by atoms with Crippen LogP contribution in [0.1, 0.15) is 51.2 Å². The van der Waals surface area contributed by atoms with Crippen LogP contribution in [0.5, 0.6) is 0 Å². The van der Waals surface area contributed by atoms with Gasteiger partial charge in [-0.15, -0.1) is 0 Å². The highest BCUT2D eigenvalue weighted by molar-refractivity contribution is 6.34. The van der Waals surface area contributed by atoms with Gasteiger partial charge in [0.15, 0.2) is 0 Å². The molecular weight excluding hydrogens is 417 g/mol. The first kappa shape index (κ1) is 22.2. The molecule has 0 bridgehead atoms. The van der Waals surface area contributed by atoms with Gasteiger partial charge in [-0.1, -0.05) is 42.3 Å². The molecule has 2 aromatic carbocycles. The average molecular weight is 442 g/mol. The number of nitriles is 1. The quantitative estimate of drug-likeness (QED) is 0.426. The largest absolute Gasteiger partial charge is 0.366 e. The van der Waals surface area contributed by atoms with E-state index in [1.54, 1.807) is 24.3 Å². The Morgan fingerprint density at radius 1 is 1.30 bits per heavy atom. The van der Waals surface area contributed by atoms with E-state index in [9.17, 15) is 10.1 Å². The van der Waals surface area contributed by atoms with Crippen LogP contribution in [-0.4, -0.2) is 18.0 Å². The predicted octanol–water partition coefficient (Wildman–Crippen LogP) is 6.65. The molecule has 0 aromatic heterocycles. The Kier molecular flexibility index (Phi) is 6.45. The highest BCUT2D eigenvalue weighted by Gasteiger charge is 2.35. The van der Waals surface area contributed by atoms with Crippen molar-refractivity contribution in [2.45, 2.75) is 45.6 Å². The number of halogens is 2. The third-order valence-corrected chi connectivity index (χ3v) is 6.26. The summed E-state index contributed by atoms with van der Waals surface area (Å²) in [5, 5.41) is 13.2. The first-order valence-corrected chi connectivity index (χ1v) is 10.7. The van der Waals surface area contributed by atoms with Gasteiger partial charge in [0.2, 0.25) is 0 Å². The highest BCUT2D eigenvalue weighted by atomic mass is 35.5. The van der Waals surface area contributed by atoms with Crippen molar-refractivity contribution < 1.29 is 4.79 Å². The fourth-order valence-electron chi connectivity index (χ4n) is 4.29. The van der Waals surface area contributed by atoms with Crippen LogP contribution in [0.4, 0.5) is 11.4 Å². The molecule has 156 valence electrons. The van der Waals surface area contributed by atoms with Gasteiger partial charge in [-0.2, -0.15) is 5.26 Å². The Labute approximate surface area is 188 Å². The summed E-state index contributed by atoms with van der Waals surface area (Å²) in [6.45, 7) is 9.69. The van der Waals surface area contributed by atoms with Crippen LogP contribution < -0.4 is 10.2 Å². The second-order valence-corrected chi connectivity index (χ2v) is 9.01. The van der Waals surface area contributed by atoms with E-state index >= 15 is 0 Å². The minimum Gasteiger partial charge on any atom is -0.366 e. The molecule has 1 atom stereocenters. The molecule has 3 rings (SSSR count). The molecule has 0 fully saturated rings. The van der Waals surface area contributed by atoms with Crippen LogP contribution in [0.25, 0.3) is 6.08 Å². The number of fused-ring (bicyclic) bond motifs is 1. The molecule has 0 aliphatic carbocycles. The van der Waals surface area contributed by atoms with Gasteiger partial charge in [-0.25, -0.2) is 0 Å².